The highest BCUT2D eigenvalue weighted by Crippen LogP contribution is 2.38. The summed E-state index contributed by atoms with van der Waals surface area (Å²) in [4.78, 5) is 32.0. The molecule has 6 nitrogen and oxygen atoms in total. The van der Waals surface area contributed by atoms with Crippen molar-refractivity contribution < 1.29 is 14.3 Å². The van der Waals surface area contributed by atoms with Crippen molar-refractivity contribution in [1.29, 1.82) is 0 Å². The predicted octanol–water partition coefficient (Wildman–Crippen LogP) is 4.20. The molecule has 0 saturated heterocycles. The van der Waals surface area contributed by atoms with E-state index in [1.807, 2.05) is 62.4 Å². The molecule has 31 heavy (non-hydrogen) atoms. The zero-order valence-electron chi connectivity index (χ0n) is 17.7. The quantitative estimate of drug-likeness (QED) is 0.628. The van der Waals surface area contributed by atoms with Crippen LogP contribution in [0.25, 0.3) is 0 Å². The Morgan fingerprint density at radius 1 is 1.13 bits per heavy atom. The third-order valence-corrected chi connectivity index (χ3v) is 5.31. The Bertz CT molecular complexity index is 1100. The Hall–Kier alpha value is -3.67. The molecule has 1 N–H and O–H groups in total. The average molecular weight is 415 g/mol. The average Bonchev–Trinajstić information content (AvgIpc) is 3.05. The summed E-state index contributed by atoms with van der Waals surface area (Å²) >= 11 is 0. The molecule has 1 atom stereocenters. The summed E-state index contributed by atoms with van der Waals surface area (Å²) in [5.41, 5.74) is 4.01. The Balaban J connectivity index is 1.51. The topological polar surface area (TPSA) is 71.5 Å². The van der Waals surface area contributed by atoms with Crippen LogP contribution in [-0.4, -0.2) is 23.4 Å². The van der Waals surface area contributed by atoms with Crippen LogP contribution in [0.1, 0.15) is 46.6 Å². The second-order valence-electron chi connectivity index (χ2n) is 7.52. The highest BCUT2D eigenvalue weighted by atomic mass is 16.5. The highest BCUT2D eigenvalue weighted by Gasteiger charge is 2.39. The van der Waals surface area contributed by atoms with E-state index >= 15 is 0 Å². The Morgan fingerprint density at radius 3 is 2.71 bits per heavy atom. The fraction of sp³-hybridized carbons (Fsp3) is 0.240. The lowest BCUT2D eigenvalue weighted by Gasteiger charge is -2.24. The Labute approximate surface area is 181 Å². The maximum Gasteiger partial charge on any atom is 0.260 e. The van der Waals surface area contributed by atoms with Crippen molar-refractivity contribution in [1.82, 2.24) is 10.3 Å². The molecular formula is C25H25N3O3. The minimum absolute atomic E-state index is 0.130. The first kappa shape index (κ1) is 20.6. The summed E-state index contributed by atoms with van der Waals surface area (Å²) in [5.74, 6) is 0.503. The van der Waals surface area contributed by atoms with Crippen molar-refractivity contribution in [3.05, 3.63) is 89.2 Å². The van der Waals surface area contributed by atoms with Crippen LogP contribution < -0.4 is 15.0 Å². The monoisotopic (exact) mass is 415 g/mol. The first-order chi connectivity index (χ1) is 15.1. The molecule has 1 aromatic heterocycles. The van der Waals surface area contributed by atoms with Gasteiger partial charge in [0.05, 0.1) is 30.3 Å². The van der Waals surface area contributed by atoms with Crippen LogP contribution in [0.3, 0.4) is 0 Å². The van der Waals surface area contributed by atoms with Gasteiger partial charge in [-0.15, -0.1) is 0 Å². The van der Waals surface area contributed by atoms with Gasteiger partial charge in [-0.05, 0) is 55.8 Å². The molecule has 1 aliphatic rings. The lowest BCUT2D eigenvalue weighted by atomic mass is 10.1. The molecule has 3 aromatic rings. The van der Waals surface area contributed by atoms with Gasteiger partial charge < -0.3 is 10.1 Å². The van der Waals surface area contributed by atoms with E-state index in [2.05, 4.69) is 10.3 Å². The normalized spacial score (nSPS) is 15.0. The van der Waals surface area contributed by atoms with Gasteiger partial charge in [0.25, 0.3) is 5.91 Å². The van der Waals surface area contributed by atoms with Crippen molar-refractivity contribution >= 4 is 17.5 Å². The summed E-state index contributed by atoms with van der Waals surface area (Å²) in [6, 6.07) is 18.5. The smallest absolute Gasteiger partial charge is 0.260 e. The van der Waals surface area contributed by atoms with Gasteiger partial charge in [-0.3, -0.25) is 19.5 Å². The van der Waals surface area contributed by atoms with Gasteiger partial charge in [0.2, 0.25) is 5.91 Å². The summed E-state index contributed by atoms with van der Waals surface area (Å²) < 4.78 is 5.52. The molecule has 2 heterocycles. The summed E-state index contributed by atoms with van der Waals surface area (Å²) in [6.45, 7) is 4.91. The van der Waals surface area contributed by atoms with Crippen LogP contribution in [0.4, 0.5) is 5.69 Å². The number of benzene rings is 2. The first-order valence-electron chi connectivity index (χ1n) is 10.4. The summed E-state index contributed by atoms with van der Waals surface area (Å²) in [7, 11) is 0. The zero-order valence-corrected chi connectivity index (χ0v) is 17.7. The lowest BCUT2D eigenvalue weighted by molar-refractivity contribution is -0.121. The number of ether oxygens (including phenoxy) is 1. The van der Waals surface area contributed by atoms with E-state index in [0.29, 0.717) is 24.4 Å². The highest BCUT2D eigenvalue weighted by molar-refractivity contribution is 6.11. The van der Waals surface area contributed by atoms with E-state index in [-0.39, 0.29) is 18.2 Å². The molecule has 0 bridgehead atoms. The minimum atomic E-state index is -0.443. The van der Waals surface area contributed by atoms with Crippen LogP contribution in [0.15, 0.2) is 66.9 Å². The molecular weight excluding hydrogens is 390 g/mol. The van der Waals surface area contributed by atoms with Crippen molar-refractivity contribution in [2.75, 3.05) is 11.5 Å². The van der Waals surface area contributed by atoms with Crippen molar-refractivity contribution in [2.45, 2.75) is 32.9 Å². The first-order valence-corrected chi connectivity index (χ1v) is 10.4. The van der Waals surface area contributed by atoms with Gasteiger partial charge in [0.15, 0.2) is 0 Å². The number of aromatic nitrogens is 1. The largest absolute Gasteiger partial charge is 0.494 e. The van der Waals surface area contributed by atoms with Gasteiger partial charge >= 0.3 is 0 Å². The number of amides is 2. The van der Waals surface area contributed by atoms with Crippen LogP contribution in [0, 0.1) is 6.92 Å². The lowest BCUT2D eigenvalue weighted by Crippen LogP contribution is -2.33. The van der Waals surface area contributed by atoms with E-state index in [9.17, 15) is 9.59 Å². The number of hydrogen-bond acceptors (Lipinski definition) is 4. The van der Waals surface area contributed by atoms with E-state index in [1.165, 1.54) is 0 Å². The molecule has 4 rings (SSSR count). The fourth-order valence-corrected chi connectivity index (χ4v) is 3.81. The number of pyridine rings is 1. The zero-order chi connectivity index (χ0) is 21.8. The van der Waals surface area contributed by atoms with Crippen molar-refractivity contribution in [3.63, 3.8) is 0 Å². The maximum atomic E-state index is 13.1. The van der Waals surface area contributed by atoms with Crippen LogP contribution in [0.2, 0.25) is 0 Å². The van der Waals surface area contributed by atoms with Gasteiger partial charge in [-0.25, -0.2) is 0 Å². The summed E-state index contributed by atoms with van der Waals surface area (Å²) in [5, 5.41) is 2.96. The van der Waals surface area contributed by atoms with Crippen LogP contribution in [-0.2, 0) is 11.3 Å². The maximum absolute atomic E-state index is 13.1. The Morgan fingerprint density at radius 2 is 1.94 bits per heavy atom. The number of nitrogens with one attached hydrogen (secondary N) is 1. The number of carbonyl (C=O) groups is 2. The van der Waals surface area contributed by atoms with Gasteiger partial charge in [0, 0.05) is 18.4 Å². The predicted molar refractivity (Wildman–Crippen MR) is 119 cm³/mol. The number of carbonyl (C=O) groups excluding carboxylic acids is 2. The minimum Gasteiger partial charge on any atom is -0.494 e. The molecule has 158 valence electrons. The van der Waals surface area contributed by atoms with Gasteiger partial charge in [-0.2, -0.15) is 0 Å². The molecule has 0 fully saturated rings. The number of nitrogens with zero attached hydrogens (tertiary/aromatic N) is 2. The third kappa shape index (κ3) is 4.43. The standard InChI is InChI=1S/C25H25N3O3/c1-3-31-20-7-4-6-18(14-20)16-27-23(29)15-22-24-21(8-5-13-26-24)25(30)28(22)19-11-9-17(2)10-12-19/h4-14,22H,3,15-16H2,1-2H3,(H,27,29). The molecule has 2 aromatic carbocycles. The molecule has 1 unspecified atom stereocenters. The number of hydrogen-bond donors (Lipinski definition) is 1. The molecule has 0 aliphatic carbocycles. The Kier molecular flexibility index (Phi) is 5.98. The number of rotatable bonds is 7. The third-order valence-electron chi connectivity index (χ3n) is 5.31. The second-order valence-corrected chi connectivity index (χ2v) is 7.52. The van der Waals surface area contributed by atoms with Crippen molar-refractivity contribution in [3.8, 4) is 5.75 Å². The number of anilines is 1. The van der Waals surface area contributed by atoms with Gasteiger partial charge in [0.1, 0.15) is 5.75 Å². The molecule has 6 heteroatoms. The van der Waals surface area contributed by atoms with E-state index in [4.69, 9.17) is 4.74 Å². The number of aryl methyl sites for hydroxylation is 1. The number of fused-ring (bicyclic) bond motifs is 1. The van der Waals surface area contributed by atoms with E-state index in [1.54, 1.807) is 23.2 Å². The fourth-order valence-electron chi connectivity index (χ4n) is 3.81. The molecule has 0 saturated carbocycles. The van der Waals surface area contributed by atoms with Gasteiger partial charge in [-0.1, -0.05) is 29.8 Å². The van der Waals surface area contributed by atoms with Crippen molar-refractivity contribution in [2.24, 2.45) is 0 Å². The van der Waals surface area contributed by atoms with E-state index < -0.39 is 6.04 Å². The van der Waals surface area contributed by atoms with Crippen LogP contribution >= 0.6 is 0 Å². The molecule has 0 spiro atoms. The molecule has 1 aliphatic heterocycles. The second kappa shape index (κ2) is 9.00. The molecule has 2 amide bonds. The summed E-state index contributed by atoms with van der Waals surface area (Å²) in [6.07, 6.45) is 1.80. The van der Waals surface area contributed by atoms with E-state index in [0.717, 1.165) is 22.6 Å². The van der Waals surface area contributed by atoms with Crippen LogP contribution in [0.5, 0.6) is 5.75 Å². The molecule has 0 radical (unpaired) electrons. The SMILES string of the molecule is CCOc1cccc(CNC(=O)CC2c3ncccc3C(=O)N2c2ccc(C)cc2)c1.